The number of hydrogen-bond acceptors (Lipinski definition) is 4. The van der Waals surface area contributed by atoms with Crippen LogP contribution in [0.2, 0.25) is 0 Å². The van der Waals surface area contributed by atoms with Crippen molar-refractivity contribution in [3.05, 3.63) is 0 Å². The Balaban J connectivity index is 1.95. The number of piperidine rings is 1. The molecule has 1 unspecified atom stereocenters. The standard InChI is InChI=1S/C15H28N4/c1-4-17-15(11-16,13-5-6-13)12-19(3)14-7-9-18(2)10-8-14/h13-14,17H,4-10,12H2,1-3H3. The van der Waals surface area contributed by atoms with Gasteiger partial charge in [-0.15, -0.1) is 0 Å². The summed E-state index contributed by atoms with van der Waals surface area (Å²) in [4.78, 5) is 4.82. The van der Waals surface area contributed by atoms with Gasteiger partial charge < -0.3 is 9.80 Å². The predicted octanol–water partition coefficient (Wildman–Crippen LogP) is 1.29. The molecular formula is C15H28N4. The van der Waals surface area contributed by atoms with Crippen LogP contribution >= 0.6 is 0 Å². The number of likely N-dealkylation sites (tertiary alicyclic amines) is 1. The normalized spacial score (nSPS) is 25.2. The minimum Gasteiger partial charge on any atom is -0.306 e. The predicted molar refractivity (Wildman–Crippen MR) is 77.9 cm³/mol. The summed E-state index contributed by atoms with van der Waals surface area (Å²) in [6, 6.07) is 3.23. The van der Waals surface area contributed by atoms with Crippen LogP contribution in [0, 0.1) is 17.2 Å². The molecule has 2 rings (SSSR count). The zero-order valence-corrected chi connectivity index (χ0v) is 12.7. The van der Waals surface area contributed by atoms with E-state index in [9.17, 15) is 5.26 Å². The molecule has 1 N–H and O–H groups in total. The van der Waals surface area contributed by atoms with E-state index < -0.39 is 0 Å². The summed E-state index contributed by atoms with van der Waals surface area (Å²) >= 11 is 0. The average Bonchev–Trinajstić information content (AvgIpc) is 3.23. The Labute approximate surface area is 117 Å². The van der Waals surface area contributed by atoms with Crippen molar-refractivity contribution in [2.75, 3.05) is 40.3 Å². The van der Waals surface area contributed by atoms with E-state index in [1.807, 2.05) is 0 Å². The van der Waals surface area contributed by atoms with Crippen molar-refractivity contribution in [2.45, 2.75) is 44.2 Å². The first-order valence-corrected chi connectivity index (χ1v) is 7.66. The molecule has 19 heavy (non-hydrogen) atoms. The summed E-state index contributed by atoms with van der Waals surface area (Å²) in [5.74, 6) is 0.561. The minimum absolute atomic E-state index is 0.313. The average molecular weight is 264 g/mol. The van der Waals surface area contributed by atoms with Crippen molar-refractivity contribution in [1.29, 1.82) is 5.26 Å². The molecule has 0 aromatic rings. The third-order valence-corrected chi connectivity index (χ3v) is 4.78. The fourth-order valence-electron chi connectivity index (χ4n) is 3.35. The Morgan fingerprint density at radius 3 is 2.42 bits per heavy atom. The molecule has 4 nitrogen and oxygen atoms in total. The Kier molecular flexibility index (Phi) is 4.83. The van der Waals surface area contributed by atoms with E-state index in [0.29, 0.717) is 12.0 Å². The van der Waals surface area contributed by atoms with Gasteiger partial charge in [-0.05, 0) is 65.3 Å². The maximum atomic E-state index is 9.66. The Hall–Kier alpha value is -0.630. The van der Waals surface area contributed by atoms with Crippen LogP contribution in [0.25, 0.3) is 0 Å². The van der Waals surface area contributed by atoms with Crippen molar-refractivity contribution in [1.82, 2.24) is 15.1 Å². The monoisotopic (exact) mass is 264 g/mol. The molecular weight excluding hydrogens is 236 g/mol. The Morgan fingerprint density at radius 2 is 1.95 bits per heavy atom. The molecule has 1 saturated heterocycles. The van der Waals surface area contributed by atoms with E-state index in [2.05, 4.69) is 42.2 Å². The molecule has 0 spiro atoms. The second-order valence-corrected chi connectivity index (χ2v) is 6.34. The third kappa shape index (κ3) is 3.47. The molecule has 108 valence electrons. The molecule has 0 aromatic heterocycles. The quantitative estimate of drug-likeness (QED) is 0.785. The lowest BCUT2D eigenvalue weighted by molar-refractivity contribution is 0.118. The second-order valence-electron chi connectivity index (χ2n) is 6.34. The van der Waals surface area contributed by atoms with Gasteiger partial charge in [-0.3, -0.25) is 5.32 Å². The number of nitrogens with zero attached hydrogens (tertiary/aromatic N) is 3. The highest BCUT2D eigenvalue weighted by atomic mass is 15.2. The fourth-order valence-corrected chi connectivity index (χ4v) is 3.35. The van der Waals surface area contributed by atoms with Crippen LogP contribution in [-0.4, -0.2) is 61.7 Å². The molecule has 1 aliphatic carbocycles. The topological polar surface area (TPSA) is 42.3 Å². The van der Waals surface area contributed by atoms with E-state index in [1.165, 1.54) is 38.8 Å². The zero-order chi connectivity index (χ0) is 13.9. The van der Waals surface area contributed by atoms with Gasteiger partial charge in [-0.1, -0.05) is 6.92 Å². The molecule has 4 heteroatoms. The van der Waals surface area contributed by atoms with Crippen molar-refractivity contribution in [3.63, 3.8) is 0 Å². The number of rotatable bonds is 6. The first-order valence-electron chi connectivity index (χ1n) is 7.66. The fraction of sp³-hybridized carbons (Fsp3) is 0.933. The maximum absolute atomic E-state index is 9.66. The lowest BCUT2D eigenvalue weighted by Gasteiger charge is -2.39. The maximum Gasteiger partial charge on any atom is 0.122 e. The smallest absolute Gasteiger partial charge is 0.122 e. The van der Waals surface area contributed by atoms with E-state index in [0.717, 1.165) is 13.1 Å². The lowest BCUT2D eigenvalue weighted by atomic mass is 9.92. The van der Waals surface area contributed by atoms with Gasteiger partial charge >= 0.3 is 0 Å². The molecule has 2 aliphatic rings. The highest BCUT2D eigenvalue weighted by Gasteiger charge is 2.46. The molecule has 1 saturated carbocycles. The molecule has 0 aromatic carbocycles. The van der Waals surface area contributed by atoms with Gasteiger partial charge in [0.15, 0.2) is 0 Å². The van der Waals surface area contributed by atoms with Crippen molar-refractivity contribution < 1.29 is 0 Å². The third-order valence-electron chi connectivity index (χ3n) is 4.78. The highest BCUT2D eigenvalue weighted by molar-refractivity contribution is 5.16. The van der Waals surface area contributed by atoms with Gasteiger partial charge in [0.2, 0.25) is 0 Å². The summed E-state index contributed by atoms with van der Waals surface area (Å²) in [6.07, 6.45) is 4.88. The van der Waals surface area contributed by atoms with Gasteiger partial charge in [-0.2, -0.15) is 5.26 Å². The molecule has 1 aliphatic heterocycles. The molecule has 0 amide bonds. The lowest BCUT2D eigenvalue weighted by Crippen LogP contribution is -2.56. The molecule has 0 bridgehead atoms. The van der Waals surface area contributed by atoms with Crippen LogP contribution in [-0.2, 0) is 0 Å². The van der Waals surface area contributed by atoms with E-state index >= 15 is 0 Å². The van der Waals surface area contributed by atoms with Crippen molar-refractivity contribution in [2.24, 2.45) is 5.92 Å². The van der Waals surface area contributed by atoms with Crippen LogP contribution < -0.4 is 5.32 Å². The van der Waals surface area contributed by atoms with Crippen LogP contribution in [0.3, 0.4) is 0 Å². The van der Waals surface area contributed by atoms with Crippen LogP contribution in [0.4, 0.5) is 0 Å². The van der Waals surface area contributed by atoms with Crippen LogP contribution in [0.15, 0.2) is 0 Å². The van der Waals surface area contributed by atoms with E-state index in [1.54, 1.807) is 0 Å². The molecule has 1 atom stereocenters. The Bertz CT molecular complexity index is 326. The largest absolute Gasteiger partial charge is 0.306 e. The summed E-state index contributed by atoms with van der Waals surface area (Å²) in [5, 5.41) is 13.1. The summed E-state index contributed by atoms with van der Waals surface area (Å²) in [6.45, 7) is 6.21. The number of nitriles is 1. The minimum atomic E-state index is -0.313. The number of nitrogens with one attached hydrogen (secondary N) is 1. The van der Waals surface area contributed by atoms with E-state index in [4.69, 9.17) is 0 Å². The van der Waals surface area contributed by atoms with Gasteiger partial charge in [0.25, 0.3) is 0 Å². The van der Waals surface area contributed by atoms with Gasteiger partial charge in [-0.25, -0.2) is 0 Å². The highest BCUT2D eigenvalue weighted by Crippen LogP contribution is 2.40. The van der Waals surface area contributed by atoms with Crippen LogP contribution in [0.5, 0.6) is 0 Å². The first kappa shape index (κ1) is 14.8. The van der Waals surface area contributed by atoms with Crippen molar-refractivity contribution in [3.8, 4) is 6.07 Å². The Morgan fingerprint density at radius 1 is 1.32 bits per heavy atom. The van der Waals surface area contributed by atoms with Crippen LogP contribution in [0.1, 0.15) is 32.6 Å². The zero-order valence-electron chi connectivity index (χ0n) is 12.7. The summed E-state index contributed by atoms with van der Waals surface area (Å²) in [5.41, 5.74) is -0.313. The first-order chi connectivity index (χ1) is 9.11. The number of hydrogen-bond donors (Lipinski definition) is 1. The van der Waals surface area contributed by atoms with Gasteiger partial charge in [0, 0.05) is 12.6 Å². The van der Waals surface area contributed by atoms with Gasteiger partial charge in [0.05, 0.1) is 6.07 Å². The second kappa shape index (κ2) is 6.21. The number of likely N-dealkylation sites (N-methyl/N-ethyl adjacent to an activating group) is 2. The van der Waals surface area contributed by atoms with E-state index in [-0.39, 0.29) is 5.54 Å². The van der Waals surface area contributed by atoms with Crippen molar-refractivity contribution >= 4 is 0 Å². The molecule has 1 heterocycles. The summed E-state index contributed by atoms with van der Waals surface area (Å²) < 4.78 is 0. The molecule has 0 radical (unpaired) electrons. The summed E-state index contributed by atoms with van der Waals surface area (Å²) in [7, 11) is 4.39. The molecule has 2 fully saturated rings. The van der Waals surface area contributed by atoms with Gasteiger partial charge in [0.1, 0.15) is 5.54 Å². The SMILES string of the molecule is CCNC(C#N)(CN(C)C1CCN(C)CC1)C1CC1.